The number of fused-ring (bicyclic) bond motifs is 3. The lowest BCUT2D eigenvalue weighted by molar-refractivity contribution is -0.00379. The van der Waals surface area contributed by atoms with Gasteiger partial charge in [-0.1, -0.05) is 0 Å². The first-order valence-electron chi connectivity index (χ1n) is 4.65. The van der Waals surface area contributed by atoms with E-state index < -0.39 is 10.1 Å². The van der Waals surface area contributed by atoms with Crippen LogP contribution >= 0.6 is 0 Å². The lowest BCUT2D eigenvalue weighted by atomic mass is 9.86. The van der Waals surface area contributed by atoms with E-state index in [9.17, 15) is 8.42 Å². The quantitative estimate of drug-likeness (QED) is 0.598. The van der Waals surface area contributed by atoms with E-state index in [1.54, 1.807) is 0 Å². The van der Waals surface area contributed by atoms with Gasteiger partial charge in [0.25, 0.3) is 10.1 Å². The number of piperidine rings is 3. The molecule has 3 heterocycles. The third kappa shape index (κ3) is 2.21. The molecular weight excluding hydrogens is 190 g/mol. The highest BCUT2D eigenvalue weighted by Crippen LogP contribution is 2.30. The van der Waals surface area contributed by atoms with Gasteiger partial charge in [0.15, 0.2) is 0 Å². The van der Waals surface area contributed by atoms with Crippen LogP contribution in [0.25, 0.3) is 0 Å². The van der Waals surface area contributed by atoms with Crippen LogP contribution in [0.4, 0.5) is 0 Å². The lowest BCUT2D eigenvalue weighted by Gasteiger charge is -2.43. The molecule has 1 atom stereocenters. The first-order chi connectivity index (χ1) is 6.04. The van der Waals surface area contributed by atoms with Crippen LogP contribution in [0.3, 0.4) is 0 Å². The monoisotopic (exact) mass is 205 g/mol. The molecule has 0 radical (unpaired) electrons. The smallest absolute Gasteiger partial charge is 0.264 e. The van der Waals surface area contributed by atoms with Gasteiger partial charge in [0.05, 0.1) is 12.4 Å². The Hall–Kier alpha value is -0.130. The maximum atomic E-state index is 10.9. The van der Waals surface area contributed by atoms with E-state index >= 15 is 0 Å². The van der Waals surface area contributed by atoms with Gasteiger partial charge in [0, 0.05) is 6.54 Å². The minimum absolute atomic E-state index is 0.0856. The molecular formula is C8H15NO3S. The zero-order valence-corrected chi connectivity index (χ0v) is 8.59. The number of rotatable bonds is 2. The first kappa shape index (κ1) is 9.43. The topological polar surface area (TPSA) is 46.6 Å². The van der Waals surface area contributed by atoms with Crippen molar-refractivity contribution in [3.63, 3.8) is 0 Å². The molecule has 0 aromatic heterocycles. The summed E-state index contributed by atoms with van der Waals surface area (Å²) in [7, 11) is -3.27. The predicted octanol–water partition coefficient (Wildman–Crippen LogP) is 0.0568. The molecule has 0 saturated carbocycles. The fourth-order valence-corrected chi connectivity index (χ4v) is 2.91. The molecule has 3 rings (SSSR count). The third-order valence-corrected chi connectivity index (χ3v) is 3.49. The van der Waals surface area contributed by atoms with Gasteiger partial charge in [-0.25, -0.2) is 0 Å². The Bertz CT molecular complexity index is 280. The lowest BCUT2D eigenvalue weighted by Crippen LogP contribution is -2.51. The van der Waals surface area contributed by atoms with Gasteiger partial charge in [0.1, 0.15) is 0 Å². The van der Waals surface area contributed by atoms with Crippen LogP contribution in [0.15, 0.2) is 0 Å². The highest BCUT2D eigenvalue weighted by Gasteiger charge is 2.36. The van der Waals surface area contributed by atoms with Gasteiger partial charge < -0.3 is 4.90 Å². The van der Waals surface area contributed by atoms with Crippen molar-refractivity contribution in [1.82, 2.24) is 4.90 Å². The fraction of sp³-hybridized carbons (Fsp3) is 1.00. The van der Waals surface area contributed by atoms with Crippen molar-refractivity contribution in [2.45, 2.75) is 18.9 Å². The van der Waals surface area contributed by atoms with Crippen LogP contribution < -0.4 is 0 Å². The Balaban J connectivity index is 2.01. The molecule has 0 aromatic carbocycles. The Morgan fingerprint density at radius 3 is 2.31 bits per heavy atom. The molecule has 3 aliphatic rings. The molecule has 0 spiro atoms. The minimum Gasteiger partial charge on any atom is -0.301 e. The number of hydrogen-bond donors (Lipinski definition) is 0. The van der Waals surface area contributed by atoms with Crippen molar-refractivity contribution in [2.24, 2.45) is 5.92 Å². The van der Waals surface area contributed by atoms with E-state index in [1.807, 2.05) is 0 Å². The second kappa shape index (κ2) is 3.22. The van der Waals surface area contributed by atoms with Gasteiger partial charge >= 0.3 is 0 Å². The molecule has 5 heteroatoms. The van der Waals surface area contributed by atoms with E-state index in [2.05, 4.69) is 4.90 Å². The molecule has 1 unspecified atom stereocenters. The van der Waals surface area contributed by atoms with Gasteiger partial charge in [0.2, 0.25) is 0 Å². The van der Waals surface area contributed by atoms with Gasteiger partial charge in [-0.05, 0) is 31.8 Å². The average Bonchev–Trinajstić information content (AvgIpc) is 2.03. The van der Waals surface area contributed by atoms with E-state index in [0.29, 0.717) is 5.92 Å². The summed E-state index contributed by atoms with van der Waals surface area (Å²) in [4.78, 5) is 2.27. The van der Waals surface area contributed by atoms with Crippen LogP contribution in [-0.2, 0) is 14.3 Å². The molecule has 3 saturated heterocycles. The second-order valence-electron chi connectivity index (χ2n) is 3.98. The summed E-state index contributed by atoms with van der Waals surface area (Å²) in [6.45, 7) is 3.00. The van der Waals surface area contributed by atoms with Crippen molar-refractivity contribution in [1.29, 1.82) is 0 Å². The molecule has 76 valence electrons. The Kier molecular flexibility index (Phi) is 2.33. The molecule has 0 amide bonds. The average molecular weight is 205 g/mol. The van der Waals surface area contributed by atoms with Crippen LogP contribution in [-0.4, -0.2) is 45.3 Å². The molecule has 3 aliphatic heterocycles. The van der Waals surface area contributed by atoms with Crippen molar-refractivity contribution >= 4 is 10.1 Å². The third-order valence-electron chi connectivity index (χ3n) is 2.89. The predicted molar refractivity (Wildman–Crippen MR) is 48.9 cm³/mol. The van der Waals surface area contributed by atoms with E-state index in [0.717, 1.165) is 38.7 Å². The normalized spacial score (nSPS) is 39.3. The van der Waals surface area contributed by atoms with Gasteiger partial charge in [-0.2, -0.15) is 8.42 Å². The summed E-state index contributed by atoms with van der Waals surface area (Å²) in [6.07, 6.45) is 3.21. The van der Waals surface area contributed by atoms with E-state index in [-0.39, 0.29) is 6.10 Å². The zero-order valence-electron chi connectivity index (χ0n) is 7.77. The molecule has 4 nitrogen and oxygen atoms in total. The Morgan fingerprint density at radius 1 is 1.31 bits per heavy atom. The van der Waals surface area contributed by atoms with E-state index in [1.165, 1.54) is 0 Å². The molecule has 0 N–H and O–H groups in total. The minimum atomic E-state index is -3.27. The summed E-state index contributed by atoms with van der Waals surface area (Å²) < 4.78 is 26.9. The highest BCUT2D eigenvalue weighted by molar-refractivity contribution is 7.86. The number of nitrogens with zero attached hydrogens (tertiary/aromatic N) is 1. The standard InChI is InChI=1S/C8H15NO3S/c1-13(10,11)12-8-6-9-4-2-7(8)3-5-9/h7-8H,2-6H2,1H3. The van der Waals surface area contributed by atoms with Gasteiger partial charge in [-0.3, -0.25) is 4.18 Å². The van der Waals surface area contributed by atoms with Crippen molar-refractivity contribution in [3.05, 3.63) is 0 Å². The zero-order chi connectivity index (χ0) is 9.47. The van der Waals surface area contributed by atoms with Crippen molar-refractivity contribution < 1.29 is 12.6 Å². The molecule has 3 fully saturated rings. The van der Waals surface area contributed by atoms with E-state index in [4.69, 9.17) is 4.18 Å². The van der Waals surface area contributed by atoms with Crippen molar-refractivity contribution in [3.8, 4) is 0 Å². The summed E-state index contributed by atoms with van der Waals surface area (Å²) in [5, 5.41) is 0. The largest absolute Gasteiger partial charge is 0.301 e. The summed E-state index contributed by atoms with van der Waals surface area (Å²) in [6, 6.07) is 0. The van der Waals surface area contributed by atoms with Crippen LogP contribution in [0.2, 0.25) is 0 Å². The van der Waals surface area contributed by atoms with Crippen LogP contribution in [0.5, 0.6) is 0 Å². The molecule has 2 bridgehead atoms. The van der Waals surface area contributed by atoms with Gasteiger partial charge in [-0.15, -0.1) is 0 Å². The summed E-state index contributed by atoms with van der Waals surface area (Å²) >= 11 is 0. The maximum absolute atomic E-state index is 10.9. The summed E-state index contributed by atoms with van der Waals surface area (Å²) in [5.41, 5.74) is 0. The molecule has 0 aromatic rings. The number of hydrogen-bond acceptors (Lipinski definition) is 4. The molecule has 13 heavy (non-hydrogen) atoms. The fourth-order valence-electron chi connectivity index (χ4n) is 2.24. The second-order valence-corrected chi connectivity index (χ2v) is 5.58. The van der Waals surface area contributed by atoms with Crippen LogP contribution in [0.1, 0.15) is 12.8 Å². The highest BCUT2D eigenvalue weighted by atomic mass is 32.2. The van der Waals surface area contributed by atoms with Crippen LogP contribution in [0, 0.1) is 5.92 Å². The Morgan fingerprint density at radius 2 is 1.92 bits per heavy atom. The SMILES string of the molecule is CS(=O)(=O)OC1CN2CCC1CC2. The Labute approximate surface area is 79.0 Å². The summed E-state index contributed by atoms with van der Waals surface area (Å²) in [5.74, 6) is 0.458. The molecule has 0 aliphatic carbocycles. The maximum Gasteiger partial charge on any atom is 0.264 e. The first-order valence-corrected chi connectivity index (χ1v) is 6.47. The van der Waals surface area contributed by atoms with Crippen molar-refractivity contribution in [2.75, 3.05) is 25.9 Å².